The number of hydrogen-bond donors (Lipinski definition) is 1. The number of hydrazone groups is 1. The third-order valence-electron chi connectivity index (χ3n) is 2.58. The molecule has 2 aromatic rings. The van der Waals surface area contributed by atoms with Crippen molar-refractivity contribution < 1.29 is 9.72 Å². The van der Waals surface area contributed by atoms with Crippen molar-refractivity contribution in [2.75, 3.05) is 0 Å². The summed E-state index contributed by atoms with van der Waals surface area (Å²) in [5, 5.41) is 14.6. The number of hydrogen-bond acceptors (Lipinski definition) is 4. The van der Waals surface area contributed by atoms with E-state index >= 15 is 0 Å². The van der Waals surface area contributed by atoms with Gasteiger partial charge in [0.25, 0.3) is 11.6 Å². The predicted molar refractivity (Wildman–Crippen MR) is 79.6 cm³/mol. The summed E-state index contributed by atoms with van der Waals surface area (Å²) in [5.74, 6) is -0.615. The highest BCUT2D eigenvalue weighted by molar-refractivity contribution is 6.33. The molecule has 0 fully saturated rings. The van der Waals surface area contributed by atoms with E-state index in [4.69, 9.17) is 11.6 Å². The molecule has 0 saturated heterocycles. The number of rotatable bonds is 4. The summed E-state index contributed by atoms with van der Waals surface area (Å²) in [6, 6.07) is 12.8. The maximum absolute atomic E-state index is 11.9. The van der Waals surface area contributed by atoms with Gasteiger partial charge in [0.1, 0.15) is 0 Å². The molecule has 0 unspecified atom stereocenters. The highest BCUT2D eigenvalue weighted by Crippen LogP contribution is 2.21. The van der Waals surface area contributed by atoms with Crippen LogP contribution >= 0.6 is 11.6 Å². The lowest BCUT2D eigenvalue weighted by atomic mass is 10.2. The molecule has 0 saturated carbocycles. The topological polar surface area (TPSA) is 84.6 Å². The lowest BCUT2D eigenvalue weighted by Gasteiger charge is -2.02. The van der Waals surface area contributed by atoms with E-state index in [0.717, 1.165) is 11.6 Å². The standard InChI is InChI=1S/C14H10ClN3O3/c15-13-7-6-11(18(20)21)8-12(13)14(19)17-16-9-10-4-2-1-3-5-10/h1-9H,(H,17,19)/b16-9+. The Morgan fingerprint density at radius 3 is 2.62 bits per heavy atom. The van der Waals surface area contributed by atoms with Crippen molar-refractivity contribution in [2.45, 2.75) is 0 Å². The van der Waals surface area contributed by atoms with Crippen LogP contribution in [0.5, 0.6) is 0 Å². The van der Waals surface area contributed by atoms with Gasteiger partial charge in [-0.1, -0.05) is 41.9 Å². The Hall–Kier alpha value is -2.73. The van der Waals surface area contributed by atoms with Gasteiger partial charge in [0.2, 0.25) is 0 Å². The van der Waals surface area contributed by atoms with E-state index < -0.39 is 10.8 Å². The summed E-state index contributed by atoms with van der Waals surface area (Å²) >= 11 is 5.86. The van der Waals surface area contributed by atoms with Gasteiger partial charge in [-0.05, 0) is 11.6 Å². The molecule has 2 rings (SSSR count). The lowest BCUT2D eigenvalue weighted by Crippen LogP contribution is -2.18. The van der Waals surface area contributed by atoms with Crippen LogP contribution in [0.4, 0.5) is 5.69 Å². The smallest absolute Gasteiger partial charge is 0.267 e. The Labute approximate surface area is 125 Å². The molecule has 0 aliphatic rings. The number of nitrogens with zero attached hydrogens (tertiary/aromatic N) is 2. The minimum Gasteiger partial charge on any atom is -0.267 e. The van der Waals surface area contributed by atoms with E-state index in [1.165, 1.54) is 18.3 Å². The molecule has 0 aliphatic heterocycles. The number of benzene rings is 2. The number of nitro groups is 1. The van der Waals surface area contributed by atoms with Crippen molar-refractivity contribution in [2.24, 2.45) is 5.10 Å². The van der Waals surface area contributed by atoms with Gasteiger partial charge in [-0.2, -0.15) is 5.10 Å². The van der Waals surface area contributed by atoms with Gasteiger partial charge in [-0.15, -0.1) is 0 Å². The highest BCUT2D eigenvalue weighted by Gasteiger charge is 2.15. The average molecular weight is 304 g/mol. The van der Waals surface area contributed by atoms with E-state index in [2.05, 4.69) is 10.5 Å². The molecule has 106 valence electrons. The Kier molecular flexibility index (Phi) is 4.63. The van der Waals surface area contributed by atoms with Gasteiger partial charge in [0, 0.05) is 12.1 Å². The minimum absolute atomic E-state index is 0.00363. The number of halogens is 1. The Morgan fingerprint density at radius 1 is 1.24 bits per heavy atom. The number of nitrogens with one attached hydrogen (secondary N) is 1. The first-order valence-electron chi connectivity index (χ1n) is 5.90. The third kappa shape index (κ3) is 3.87. The van der Waals surface area contributed by atoms with Gasteiger partial charge >= 0.3 is 0 Å². The van der Waals surface area contributed by atoms with Crippen molar-refractivity contribution in [3.05, 3.63) is 74.8 Å². The maximum atomic E-state index is 11.9. The van der Waals surface area contributed by atoms with Crippen LogP contribution in [0.1, 0.15) is 15.9 Å². The molecule has 2 aromatic carbocycles. The van der Waals surface area contributed by atoms with Crippen LogP contribution in [-0.4, -0.2) is 17.0 Å². The fraction of sp³-hybridized carbons (Fsp3) is 0. The molecule has 0 aromatic heterocycles. The summed E-state index contributed by atoms with van der Waals surface area (Å²) in [7, 11) is 0. The Bertz CT molecular complexity index is 702. The molecule has 0 aliphatic carbocycles. The van der Waals surface area contributed by atoms with Gasteiger partial charge in [-0.25, -0.2) is 5.43 Å². The van der Waals surface area contributed by atoms with Crippen molar-refractivity contribution in [3.63, 3.8) is 0 Å². The van der Waals surface area contributed by atoms with E-state index in [1.54, 1.807) is 0 Å². The van der Waals surface area contributed by atoms with Crippen LogP contribution < -0.4 is 5.43 Å². The summed E-state index contributed by atoms with van der Waals surface area (Å²) < 4.78 is 0. The average Bonchev–Trinajstić information content (AvgIpc) is 2.48. The number of carbonyl (C=O) groups excluding carboxylic acids is 1. The zero-order chi connectivity index (χ0) is 15.2. The summed E-state index contributed by atoms with van der Waals surface area (Å²) in [5.41, 5.74) is 2.87. The molecule has 6 nitrogen and oxygen atoms in total. The first-order chi connectivity index (χ1) is 10.1. The molecule has 7 heteroatoms. The number of non-ortho nitro benzene ring substituents is 1. The van der Waals surface area contributed by atoms with E-state index in [-0.39, 0.29) is 16.3 Å². The monoisotopic (exact) mass is 303 g/mol. The van der Waals surface area contributed by atoms with Crippen LogP contribution in [0.25, 0.3) is 0 Å². The van der Waals surface area contributed by atoms with Crippen molar-refractivity contribution in [1.82, 2.24) is 5.43 Å². The second-order valence-corrected chi connectivity index (χ2v) is 4.44. The first kappa shape index (κ1) is 14.7. The first-order valence-corrected chi connectivity index (χ1v) is 6.28. The van der Waals surface area contributed by atoms with E-state index in [0.29, 0.717) is 0 Å². The van der Waals surface area contributed by atoms with Crippen molar-refractivity contribution in [1.29, 1.82) is 0 Å². The quantitative estimate of drug-likeness (QED) is 0.535. The highest BCUT2D eigenvalue weighted by atomic mass is 35.5. The van der Waals surface area contributed by atoms with Gasteiger partial charge < -0.3 is 0 Å². The number of carbonyl (C=O) groups is 1. The molecular formula is C14H10ClN3O3. The number of nitro benzene ring substituents is 1. The fourth-order valence-electron chi connectivity index (χ4n) is 1.57. The normalized spacial score (nSPS) is 10.5. The molecule has 21 heavy (non-hydrogen) atoms. The molecule has 0 heterocycles. The second-order valence-electron chi connectivity index (χ2n) is 4.03. The van der Waals surface area contributed by atoms with E-state index in [9.17, 15) is 14.9 Å². The van der Waals surface area contributed by atoms with Gasteiger partial charge in [0.05, 0.1) is 21.7 Å². The summed E-state index contributed by atoms with van der Waals surface area (Å²) in [6.45, 7) is 0. The molecule has 0 radical (unpaired) electrons. The van der Waals surface area contributed by atoms with Gasteiger partial charge in [-0.3, -0.25) is 14.9 Å². The van der Waals surface area contributed by atoms with Crippen molar-refractivity contribution in [3.8, 4) is 0 Å². The van der Waals surface area contributed by atoms with Crippen molar-refractivity contribution >= 4 is 29.4 Å². The minimum atomic E-state index is -0.615. The summed E-state index contributed by atoms with van der Waals surface area (Å²) in [4.78, 5) is 22.0. The zero-order valence-electron chi connectivity index (χ0n) is 10.7. The third-order valence-corrected chi connectivity index (χ3v) is 2.91. The molecule has 1 N–H and O–H groups in total. The molecular weight excluding hydrogens is 294 g/mol. The maximum Gasteiger partial charge on any atom is 0.273 e. The molecule has 0 spiro atoms. The Balaban J connectivity index is 2.12. The van der Waals surface area contributed by atoms with Gasteiger partial charge in [0.15, 0.2) is 0 Å². The Morgan fingerprint density at radius 2 is 1.95 bits per heavy atom. The summed E-state index contributed by atoms with van der Waals surface area (Å²) in [6.07, 6.45) is 1.46. The fourth-order valence-corrected chi connectivity index (χ4v) is 1.77. The van der Waals surface area contributed by atoms with Crippen LogP contribution in [0.15, 0.2) is 53.6 Å². The molecule has 0 atom stereocenters. The number of amides is 1. The molecule has 0 bridgehead atoms. The zero-order valence-corrected chi connectivity index (χ0v) is 11.4. The molecule has 1 amide bonds. The second kappa shape index (κ2) is 6.62. The lowest BCUT2D eigenvalue weighted by molar-refractivity contribution is -0.384. The largest absolute Gasteiger partial charge is 0.273 e. The van der Waals surface area contributed by atoms with Crippen LogP contribution in [0.2, 0.25) is 5.02 Å². The van der Waals surface area contributed by atoms with Crippen LogP contribution in [-0.2, 0) is 0 Å². The van der Waals surface area contributed by atoms with Crippen LogP contribution in [0, 0.1) is 10.1 Å². The predicted octanol–water partition coefficient (Wildman–Crippen LogP) is 3.01. The van der Waals surface area contributed by atoms with E-state index in [1.807, 2.05) is 30.3 Å². The SMILES string of the molecule is O=C(N/N=C/c1ccccc1)c1cc([N+](=O)[O-])ccc1Cl. The van der Waals surface area contributed by atoms with Crippen LogP contribution in [0.3, 0.4) is 0 Å².